The zero-order valence-corrected chi connectivity index (χ0v) is 8.62. The largest absolute Gasteiger partial charge is 0.257 e. The second-order valence-electron chi connectivity index (χ2n) is 2.23. The molecule has 0 unspecified atom stereocenters. The summed E-state index contributed by atoms with van der Waals surface area (Å²) in [5, 5.41) is 0.475. The van der Waals surface area contributed by atoms with E-state index in [9.17, 15) is 8.42 Å². The molecule has 0 atom stereocenters. The lowest BCUT2D eigenvalue weighted by Gasteiger charge is -2.02. The van der Waals surface area contributed by atoms with Gasteiger partial charge in [-0.2, -0.15) is 4.83 Å². The summed E-state index contributed by atoms with van der Waals surface area (Å²) in [7, 11) is -3.68. The zero-order valence-electron chi connectivity index (χ0n) is 6.29. The van der Waals surface area contributed by atoms with Gasteiger partial charge in [-0.05, 0) is 18.2 Å². The molecule has 72 valence electrons. The minimum Gasteiger partial charge on any atom is -0.257 e. The molecule has 0 amide bonds. The molecular formula is C6H6Cl2N2O2S. The Hall–Kier alpha value is -0.330. The lowest BCUT2D eigenvalue weighted by atomic mass is 10.4. The number of hydrazine groups is 1. The van der Waals surface area contributed by atoms with E-state index in [1.807, 2.05) is 0 Å². The Morgan fingerprint density at radius 1 is 1.15 bits per heavy atom. The first-order valence-electron chi connectivity index (χ1n) is 3.14. The molecule has 1 aromatic rings. The zero-order chi connectivity index (χ0) is 10.1. The molecule has 0 bridgehead atoms. The van der Waals surface area contributed by atoms with E-state index < -0.39 is 10.0 Å². The van der Waals surface area contributed by atoms with E-state index in [1.165, 1.54) is 18.2 Å². The summed E-state index contributed by atoms with van der Waals surface area (Å²) in [6, 6.07) is 3.93. The van der Waals surface area contributed by atoms with Gasteiger partial charge in [0.2, 0.25) is 0 Å². The van der Waals surface area contributed by atoms with E-state index in [2.05, 4.69) is 0 Å². The van der Waals surface area contributed by atoms with Crippen molar-refractivity contribution in [2.75, 3.05) is 0 Å². The summed E-state index contributed by atoms with van der Waals surface area (Å²) in [5.41, 5.74) is 0. The highest BCUT2D eigenvalue weighted by atomic mass is 35.5. The molecule has 0 aliphatic carbocycles. The Kier molecular flexibility index (Phi) is 3.15. The molecular weight excluding hydrogens is 235 g/mol. The van der Waals surface area contributed by atoms with Gasteiger partial charge in [-0.1, -0.05) is 23.2 Å². The Labute approximate surface area is 85.7 Å². The monoisotopic (exact) mass is 240 g/mol. The highest BCUT2D eigenvalue weighted by Crippen LogP contribution is 2.21. The number of benzene rings is 1. The Bertz CT molecular complexity index is 398. The topological polar surface area (TPSA) is 72.2 Å². The minimum absolute atomic E-state index is 0.0625. The molecule has 0 aliphatic heterocycles. The summed E-state index contributed by atoms with van der Waals surface area (Å²) < 4.78 is 22.3. The molecule has 1 aromatic carbocycles. The van der Waals surface area contributed by atoms with Crippen molar-refractivity contribution in [1.82, 2.24) is 4.83 Å². The molecule has 0 saturated heterocycles. The maximum absolute atomic E-state index is 11.2. The fourth-order valence-electron chi connectivity index (χ4n) is 0.752. The van der Waals surface area contributed by atoms with Gasteiger partial charge < -0.3 is 0 Å². The Morgan fingerprint density at radius 2 is 1.62 bits per heavy atom. The van der Waals surface area contributed by atoms with Crippen LogP contribution in [0.1, 0.15) is 0 Å². The van der Waals surface area contributed by atoms with Gasteiger partial charge in [0.25, 0.3) is 10.0 Å². The van der Waals surface area contributed by atoms with Crippen molar-refractivity contribution in [2.24, 2.45) is 5.84 Å². The third-order valence-electron chi connectivity index (χ3n) is 1.30. The van der Waals surface area contributed by atoms with E-state index in [1.54, 1.807) is 4.83 Å². The molecule has 0 radical (unpaired) electrons. The van der Waals surface area contributed by atoms with Crippen LogP contribution in [0.4, 0.5) is 0 Å². The first kappa shape index (κ1) is 10.7. The normalized spacial score (nSPS) is 11.6. The summed E-state index contributed by atoms with van der Waals surface area (Å²) in [5.74, 6) is 4.81. The number of nitrogens with one attached hydrogen (secondary N) is 1. The van der Waals surface area contributed by atoms with Crippen molar-refractivity contribution in [3.05, 3.63) is 28.2 Å². The minimum atomic E-state index is -3.68. The van der Waals surface area contributed by atoms with Gasteiger partial charge in [0, 0.05) is 10.0 Å². The number of hydrogen-bond acceptors (Lipinski definition) is 3. The SMILES string of the molecule is NNS(=O)(=O)c1cc(Cl)cc(Cl)c1. The molecule has 0 saturated carbocycles. The number of rotatable bonds is 2. The number of sulfonamides is 1. The fourth-order valence-corrected chi connectivity index (χ4v) is 2.11. The first-order valence-corrected chi connectivity index (χ1v) is 5.38. The lowest BCUT2D eigenvalue weighted by molar-refractivity contribution is 0.584. The third kappa shape index (κ3) is 2.55. The van der Waals surface area contributed by atoms with Crippen LogP contribution in [0.5, 0.6) is 0 Å². The van der Waals surface area contributed by atoms with E-state index in [4.69, 9.17) is 29.0 Å². The van der Waals surface area contributed by atoms with Crippen LogP contribution in [-0.2, 0) is 10.0 Å². The van der Waals surface area contributed by atoms with Gasteiger partial charge in [0.15, 0.2) is 0 Å². The average molecular weight is 241 g/mol. The van der Waals surface area contributed by atoms with Gasteiger partial charge in [-0.25, -0.2) is 8.42 Å². The predicted molar refractivity (Wildman–Crippen MR) is 51.0 cm³/mol. The van der Waals surface area contributed by atoms with Crippen LogP contribution < -0.4 is 10.7 Å². The van der Waals surface area contributed by atoms with Crippen LogP contribution >= 0.6 is 23.2 Å². The van der Waals surface area contributed by atoms with Gasteiger partial charge in [0.05, 0.1) is 4.90 Å². The summed E-state index contributed by atoms with van der Waals surface area (Å²) >= 11 is 11.2. The van der Waals surface area contributed by atoms with Crippen LogP contribution in [0, 0.1) is 0 Å². The molecule has 4 nitrogen and oxygen atoms in total. The van der Waals surface area contributed by atoms with Crippen molar-refractivity contribution in [2.45, 2.75) is 4.90 Å². The fraction of sp³-hybridized carbons (Fsp3) is 0. The van der Waals surface area contributed by atoms with Crippen molar-refractivity contribution in [3.63, 3.8) is 0 Å². The highest BCUT2D eigenvalue weighted by molar-refractivity contribution is 7.89. The summed E-state index contributed by atoms with van der Waals surface area (Å²) in [6.07, 6.45) is 0. The standard InChI is InChI=1S/C6H6Cl2N2O2S/c7-4-1-5(8)3-6(2-4)13(11,12)10-9/h1-3,10H,9H2. The molecule has 0 spiro atoms. The Balaban J connectivity index is 3.32. The van der Waals surface area contributed by atoms with Crippen molar-refractivity contribution >= 4 is 33.2 Å². The van der Waals surface area contributed by atoms with Crippen molar-refractivity contribution in [3.8, 4) is 0 Å². The van der Waals surface area contributed by atoms with E-state index in [0.717, 1.165) is 0 Å². The van der Waals surface area contributed by atoms with Gasteiger partial charge in [-0.15, -0.1) is 0 Å². The van der Waals surface area contributed by atoms with E-state index in [-0.39, 0.29) is 14.9 Å². The molecule has 0 fully saturated rings. The maximum atomic E-state index is 11.2. The van der Waals surface area contributed by atoms with Crippen LogP contribution in [0.2, 0.25) is 10.0 Å². The molecule has 0 aliphatic rings. The van der Waals surface area contributed by atoms with Gasteiger partial charge in [0.1, 0.15) is 0 Å². The second-order valence-corrected chi connectivity index (χ2v) is 4.81. The van der Waals surface area contributed by atoms with Gasteiger partial charge >= 0.3 is 0 Å². The quantitative estimate of drug-likeness (QED) is 0.602. The first-order chi connectivity index (χ1) is 5.95. The Morgan fingerprint density at radius 3 is 2.00 bits per heavy atom. The molecule has 7 heteroatoms. The van der Waals surface area contributed by atoms with Crippen LogP contribution in [0.3, 0.4) is 0 Å². The smallest absolute Gasteiger partial charge is 0.253 e. The lowest BCUT2D eigenvalue weighted by Crippen LogP contribution is -2.30. The summed E-state index contributed by atoms with van der Waals surface area (Å²) in [6.45, 7) is 0. The van der Waals surface area contributed by atoms with Crippen LogP contribution in [0.25, 0.3) is 0 Å². The number of hydrogen-bond donors (Lipinski definition) is 2. The van der Waals surface area contributed by atoms with Gasteiger partial charge in [-0.3, -0.25) is 5.84 Å². The highest BCUT2D eigenvalue weighted by Gasteiger charge is 2.12. The molecule has 3 N–H and O–H groups in total. The number of halogens is 2. The predicted octanol–water partition coefficient (Wildman–Crippen LogP) is 1.15. The summed E-state index contributed by atoms with van der Waals surface area (Å²) in [4.78, 5) is 1.60. The molecule has 0 aromatic heterocycles. The van der Waals surface area contributed by atoms with Crippen molar-refractivity contribution < 1.29 is 8.42 Å². The number of nitrogens with two attached hydrogens (primary N) is 1. The third-order valence-corrected chi connectivity index (χ3v) is 2.90. The average Bonchev–Trinajstić information content (AvgIpc) is 2.02. The van der Waals surface area contributed by atoms with Crippen LogP contribution in [0.15, 0.2) is 23.1 Å². The molecule has 1 rings (SSSR count). The van der Waals surface area contributed by atoms with E-state index in [0.29, 0.717) is 0 Å². The van der Waals surface area contributed by atoms with Crippen molar-refractivity contribution in [1.29, 1.82) is 0 Å². The van der Waals surface area contributed by atoms with E-state index >= 15 is 0 Å². The molecule has 13 heavy (non-hydrogen) atoms. The molecule has 0 heterocycles. The van der Waals surface area contributed by atoms with Crippen LogP contribution in [-0.4, -0.2) is 8.42 Å². The maximum Gasteiger partial charge on any atom is 0.253 e. The second kappa shape index (κ2) is 3.81.